The van der Waals surface area contributed by atoms with E-state index in [2.05, 4.69) is 22.4 Å². The van der Waals surface area contributed by atoms with Crippen LogP contribution < -0.4 is 5.32 Å². The van der Waals surface area contributed by atoms with Crippen LogP contribution in [0, 0.1) is 0 Å². The van der Waals surface area contributed by atoms with Crippen molar-refractivity contribution in [2.45, 2.75) is 44.1 Å². The van der Waals surface area contributed by atoms with Crippen molar-refractivity contribution in [1.82, 2.24) is 15.5 Å². The van der Waals surface area contributed by atoms with Crippen LogP contribution in [0.5, 0.6) is 0 Å². The van der Waals surface area contributed by atoms with Crippen LogP contribution in [-0.4, -0.2) is 35.9 Å². The molecule has 5 nitrogen and oxygen atoms in total. The fourth-order valence-corrected chi connectivity index (χ4v) is 2.69. The maximum absolute atomic E-state index is 5.53. The van der Waals surface area contributed by atoms with Gasteiger partial charge in [-0.2, -0.15) is 4.98 Å². The van der Waals surface area contributed by atoms with E-state index in [1.165, 1.54) is 6.42 Å². The number of aromatic nitrogens is 2. The summed E-state index contributed by atoms with van der Waals surface area (Å²) < 4.78 is 10.9. The van der Waals surface area contributed by atoms with Gasteiger partial charge < -0.3 is 14.6 Å². The number of piperidine rings is 1. The Morgan fingerprint density at radius 3 is 3.00 bits per heavy atom. The molecule has 1 aromatic rings. The van der Waals surface area contributed by atoms with E-state index in [-0.39, 0.29) is 12.0 Å². The average Bonchev–Trinajstić information content (AvgIpc) is 2.98. The molecule has 0 aliphatic carbocycles. The Labute approximate surface area is 101 Å². The first-order valence-corrected chi connectivity index (χ1v) is 6.50. The Balaban J connectivity index is 1.73. The summed E-state index contributed by atoms with van der Waals surface area (Å²) in [5.41, 5.74) is 0. The highest BCUT2D eigenvalue weighted by Gasteiger charge is 2.31. The van der Waals surface area contributed by atoms with Crippen molar-refractivity contribution >= 4 is 0 Å². The summed E-state index contributed by atoms with van der Waals surface area (Å²) in [4.78, 5) is 4.57. The molecule has 3 heterocycles. The van der Waals surface area contributed by atoms with Gasteiger partial charge in [0.1, 0.15) is 0 Å². The third kappa shape index (κ3) is 2.21. The zero-order valence-electron chi connectivity index (χ0n) is 10.2. The van der Waals surface area contributed by atoms with E-state index in [0.717, 1.165) is 44.3 Å². The van der Waals surface area contributed by atoms with Crippen molar-refractivity contribution in [3.63, 3.8) is 0 Å². The summed E-state index contributed by atoms with van der Waals surface area (Å²) in [6.45, 7) is 4.95. The van der Waals surface area contributed by atoms with Crippen LogP contribution in [0.25, 0.3) is 0 Å². The quantitative estimate of drug-likeness (QED) is 0.843. The number of hydrogen-bond acceptors (Lipinski definition) is 5. The van der Waals surface area contributed by atoms with E-state index >= 15 is 0 Å². The lowest BCUT2D eigenvalue weighted by atomic mass is 9.99. The van der Waals surface area contributed by atoms with Crippen LogP contribution in [0.1, 0.15) is 49.7 Å². The molecule has 1 N–H and O–H groups in total. The second-order valence-corrected chi connectivity index (χ2v) is 5.01. The molecule has 3 rings (SSSR count). The predicted molar refractivity (Wildman–Crippen MR) is 61.9 cm³/mol. The van der Waals surface area contributed by atoms with Gasteiger partial charge in [-0.15, -0.1) is 0 Å². The standard InChI is InChI=1S/C12H19N3O2/c1-8-10(4-6-16-8)12-14-11(15-17-12)9-3-2-5-13-7-9/h8-10,13H,2-7H2,1H3. The number of ether oxygens (including phenoxy) is 1. The van der Waals surface area contributed by atoms with Gasteiger partial charge in [-0.05, 0) is 32.7 Å². The third-order valence-corrected chi connectivity index (χ3v) is 3.81. The Bertz CT molecular complexity index is 374. The van der Waals surface area contributed by atoms with Crippen molar-refractivity contribution < 1.29 is 9.26 Å². The molecule has 0 amide bonds. The van der Waals surface area contributed by atoms with E-state index in [1.807, 2.05) is 0 Å². The summed E-state index contributed by atoms with van der Waals surface area (Å²) in [5, 5.41) is 7.51. The molecule has 3 unspecified atom stereocenters. The second-order valence-electron chi connectivity index (χ2n) is 5.01. The third-order valence-electron chi connectivity index (χ3n) is 3.81. The summed E-state index contributed by atoms with van der Waals surface area (Å²) in [6.07, 6.45) is 3.54. The number of hydrogen-bond donors (Lipinski definition) is 1. The molecule has 0 saturated carbocycles. The van der Waals surface area contributed by atoms with E-state index in [1.54, 1.807) is 0 Å². The molecule has 2 fully saturated rings. The van der Waals surface area contributed by atoms with Gasteiger partial charge in [0.15, 0.2) is 5.82 Å². The zero-order chi connectivity index (χ0) is 11.7. The molecule has 17 heavy (non-hydrogen) atoms. The lowest BCUT2D eigenvalue weighted by Gasteiger charge is -2.19. The van der Waals surface area contributed by atoms with Gasteiger partial charge in [-0.3, -0.25) is 0 Å². The van der Waals surface area contributed by atoms with Crippen molar-refractivity contribution in [2.24, 2.45) is 0 Å². The monoisotopic (exact) mass is 237 g/mol. The zero-order valence-corrected chi connectivity index (χ0v) is 10.2. The van der Waals surface area contributed by atoms with Gasteiger partial charge in [0.2, 0.25) is 5.89 Å². The first-order chi connectivity index (χ1) is 8.34. The molecule has 2 aliphatic heterocycles. The number of nitrogens with one attached hydrogen (secondary N) is 1. The SMILES string of the molecule is CC1OCCC1c1nc(C2CCCNC2)no1. The van der Waals surface area contributed by atoms with Gasteiger partial charge in [0.25, 0.3) is 0 Å². The molecule has 0 radical (unpaired) electrons. The second kappa shape index (κ2) is 4.74. The van der Waals surface area contributed by atoms with Gasteiger partial charge in [-0.1, -0.05) is 5.16 Å². The van der Waals surface area contributed by atoms with Crippen LogP contribution >= 0.6 is 0 Å². The predicted octanol–water partition coefficient (Wildman–Crippen LogP) is 1.43. The van der Waals surface area contributed by atoms with E-state index < -0.39 is 0 Å². The van der Waals surface area contributed by atoms with E-state index in [9.17, 15) is 0 Å². The molecular weight excluding hydrogens is 218 g/mol. The van der Waals surface area contributed by atoms with Crippen LogP contribution in [0.4, 0.5) is 0 Å². The normalized spacial score (nSPS) is 34.1. The van der Waals surface area contributed by atoms with Crippen LogP contribution in [0.15, 0.2) is 4.52 Å². The van der Waals surface area contributed by atoms with Gasteiger partial charge in [0, 0.05) is 19.1 Å². The smallest absolute Gasteiger partial charge is 0.232 e. The molecule has 3 atom stereocenters. The van der Waals surface area contributed by atoms with Gasteiger partial charge in [-0.25, -0.2) is 0 Å². The fraction of sp³-hybridized carbons (Fsp3) is 0.833. The Morgan fingerprint density at radius 1 is 1.35 bits per heavy atom. The molecule has 0 bridgehead atoms. The average molecular weight is 237 g/mol. The van der Waals surface area contributed by atoms with Crippen molar-refractivity contribution in [3.8, 4) is 0 Å². The molecule has 1 aromatic heterocycles. The van der Waals surface area contributed by atoms with E-state index in [0.29, 0.717) is 5.92 Å². The largest absolute Gasteiger partial charge is 0.378 e. The van der Waals surface area contributed by atoms with E-state index in [4.69, 9.17) is 9.26 Å². The molecular formula is C12H19N3O2. The van der Waals surface area contributed by atoms with Gasteiger partial charge >= 0.3 is 0 Å². The Kier molecular flexibility index (Phi) is 3.11. The first kappa shape index (κ1) is 11.2. The highest BCUT2D eigenvalue weighted by molar-refractivity contribution is 5.03. The van der Waals surface area contributed by atoms with Crippen molar-refractivity contribution in [1.29, 1.82) is 0 Å². The molecule has 0 spiro atoms. The highest BCUT2D eigenvalue weighted by Crippen LogP contribution is 2.31. The topological polar surface area (TPSA) is 60.2 Å². The fourth-order valence-electron chi connectivity index (χ4n) is 2.69. The summed E-state index contributed by atoms with van der Waals surface area (Å²) >= 11 is 0. The lowest BCUT2D eigenvalue weighted by molar-refractivity contribution is 0.113. The maximum Gasteiger partial charge on any atom is 0.232 e. The summed E-state index contributed by atoms with van der Waals surface area (Å²) in [6, 6.07) is 0. The minimum absolute atomic E-state index is 0.202. The van der Waals surface area contributed by atoms with Crippen molar-refractivity contribution in [3.05, 3.63) is 11.7 Å². The maximum atomic E-state index is 5.53. The van der Waals surface area contributed by atoms with Crippen LogP contribution in [0.3, 0.4) is 0 Å². The Hall–Kier alpha value is -0.940. The lowest BCUT2D eigenvalue weighted by Crippen LogP contribution is -2.29. The minimum atomic E-state index is 0.202. The molecule has 2 aliphatic rings. The minimum Gasteiger partial charge on any atom is -0.378 e. The van der Waals surface area contributed by atoms with Crippen LogP contribution in [0.2, 0.25) is 0 Å². The highest BCUT2D eigenvalue weighted by atomic mass is 16.5. The summed E-state index contributed by atoms with van der Waals surface area (Å²) in [7, 11) is 0. The first-order valence-electron chi connectivity index (χ1n) is 6.50. The summed E-state index contributed by atoms with van der Waals surface area (Å²) in [5.74, 6) is 2.33. The van der Waals surface area contributed by atoms with Crippen LogP contribution in [-0.2, 0) is 4.74 Å². The molecule has 94 valence electrons. The molecule has 0 aromatic carbocycles. The Morgan fingerprint density at radius 2 is 2.29 bits per heavy atom. The van der Waals surface area contributed by atoms with Gasteiger partial charge in [0.05, 0.1) is 12.0 Å². The molecule has 2 saturated heterocycles. The number of nitrogens with zero attached hydrogens (tertiary/aromatic N) is 2. The molecule has 5 heteroatoms. The number of rotatable bonds is 2. The van der Waals surface area contributed by atoms with Crippen molar-refractivity contribution in [2.75, 3.05) is 19.7 Å².